The van der Waals surface area contributed by atoms with Crippen molar-refractivity contribution in [3.8, 4) is 0 Å². The van der Waals surface area contributed by atoms with E-state index in [2.05, 4.69) is 37.5 Å². The highest BCUT2D eigenvalue weighted by Crippen LogP contribution is 2.45. The Hall–Kier alpha value is -0.830. The molecular weight excluding hydrogens is 210 g/mol. The molecule has 2 rings (SSSR count). The van der Waals surface area contributed by atoms with Gasteiger partial charge in [0, 0.05) is 24.3 Å². The minimum atomic E-state index is 0.397. The second-order valence-corrected chi connectivity index (χ2v) is 5.57. The van der Waals surface area contributed by atoms with Gasteiger partial charge in [0.05, 0.1) is 6.20 Å². The molecule has 3 nitrogen and oxygen atoms in total. The lowest BCUT2D eigenvalue weighted by molar-refractivity contribution is 0.150. The summed E-state index contributed by atoms with van der Waals surface area (Å²) in [5, 5.41) is 7.92. The van der Waals surface area contributed by atoms with Gasteiger partial charge in [-0.3, -0.25) is 4.68 Å². The average molecular weight is 235 g/mol. The summed E-state index contributed by atoms with van der Waals surface area (Å²) in [6, 6.07) is 0.447. The van der Waals surface area contributed by atoms with Crippen LogP contribution in [0.1, 0.15) is 57.6 Å². The molecule has 1 aromatic rings. The molecule has 96 valence electrons. The van der Waals surface area contributed by atoms with Crippen LogP contribution in [-0.2, 0) is 6.54 Å². The minimum Gasteiger partial charge on any atom is -0.312 e. The average Bonchev–Trinajstić information content (AvgIpc) is 2.79. The number of nitrogens with one attached hydrogen (secondary N) is 1. The van der Waals surface area contributed by atoms with Crippen LogP contribution in [0.2, 0.25) is 0 Å². The van der Waals surface area contributed by atoms with Crippen LogP contribution in [0.3, 0.4) is 0 Å². The van der Waals surface area contributed by atoms with Gasteiger partial charge in [0.15, 0.2) is 0 Å². The first-order valence-corrected chi connectivity index (χ1v) is 6.89. The summed E-state index contributed by atoms with van der Waals surface area (Å²) < 4.78 is 2.02. The van der Waals surface area contributed by atoms with Crippen molar-refractivity contribution in [1.29, 1.82) is 0 Å². The Labute approximate surface area is 105 Å². The second-order valence-electron chi connectivity index (χ2n) is 5.57. The molecule has 1 aromatic heterocycles. The molecule has 1 fully saturated rings. The Bertz CT molecular complexity index is 350. The SMILES string of the molecule is CCn1cc(C(NC)C2(C)CCCCC2)cn1. The summed E-state index contributed by atoms with van der Waals surface area (Å²) in [6.45, 7) is 5.51. The van der Waals surface area contributed by atoms with Gasteiger partial charge in [0.1, 0.15) is 0 Å². The first kappa shape index (κ1) is 12.6. The van der Waals surface area contributed by atoms with Gasteiger partial charge in [-0.05, 0) is 32.2 Å². The minimum absolute atomic E-state index is 0.397. The van der Waals surface area contributed by atoms with Crippen molar-refractivity contribution in [2.45, 2.75) is 58.5 Å². The third-order valence-corrected chi connectivity index (χ3v) is 4.29. The van der Waals surface area contributed by atoms with Crippen LogP contribution in [0.4, 0.5) is 0 Å². The van der Waals surface area contributed by atoms with E-state index in [0.29, 0.717) is 11.5 Å². The number of hydrogen-bond donors (Lipinski definition) is 1. The van der Waals surface area contributed by atoms with Crippen molar-refractivity contribution in [2.75, 3.05) is 7.05 Å². The molecule has 0 amide bonds. The van der Waals surface area contributed by atoms with Crippen molar-refractivity contribution in [2.24, 2.45) is 5.41 Å². The lowest BCUT2D eigenvalue weighted by Crippen LogP contribution is -2.35. The molecule has 3 heteroatoms. The molecule has 0 saturated heterocycles. The lowest BCUT2D eigenvalue weighted by Gasteiger charge is -2.40. The Morgan fingerprint density at radius 1 is 1.41 bits per heavy atom. The van der Waals surface area contributed by atoms with Crippen LogP contribution < -0.4 is 5.32 Å². The van der Waals surface area contributed by atoms with E-state index in [1.807, 2.05) is 10.9 Å². The van der Waals surface area contributed by atoms with E-state index in [1.165, 1.54) is 37.7 Å². The normalized spacial score (nSPS) is 21.4. The van der Waals surface area contributed by atoms with E-state index in [9.17, 15) is 0 Å². The van der Waals surface area contributed by atoms with Crippen molar-refractivity contribution >= 4 is 0 Å². The molecule has 0 spiro atoms. The fraction of sp³-hybridized carbons (Fsp3) is 0.786. The fourth-order valence-corrected chi connectivity index (χ4v) is 3.27. The van der Waals surface area contributed by atoms with E-state index in [-0.39, 0.29) is 0 Å². The van der Waals surface area contributed by atoms with E-state index in [4.69, 9.17) is 0 Å². The topological polar surface area (TPSA) is 29.9 Å². The number of nitrogens with zero attached hydrogens (tertiary/aromatic N) is 2. The van der Waals surface area contributed by atoms with E-state index in [1.54, 1.807) is 0 Å². The predicted molar refractivity (Wildman–Crippen MR) is 70.9 cm³/mol. The molecule has 17 heavy (non-hydrogen) atoms. The molecule has 1 atom stereocenters. The molecule has 0 aromatic carbocycles. The molecule has 0 bridgehead atoms. The maximum absolute atomic E-state index is 4.41. The maximum Gasteiger partial charge on any atom is 0.0537 e. The highest BCUT2D eigenvalue weighted by atomic mass is 15.3. The third kappa shape index (κ3) is 2.54. The molecule has 1 aliphatic carbocycles. The fourth-order valence-electron chi connectivity index (χ4n) is 3.27. The lowest BCUT2D eigenvalue weighted by atomic mass is 9.69. The Morgan fingerprint density at radius 3 is 2.65 bits per heavy atom. The molecular formula is C14H25N3. The zero-order valence-electron chi connectivity index (χ0n) is 11.4. The highest BCUT2D eigenvalue weighted by Gasteiger charge is 2.36. The first-order valence-electron chi connectivity index (χ1n) is 6.89. The molecule has 1 N–H and O–H groups in total. The molecule has 0 aliphatic heterocycles. The Balaban J connectivity index is 2.19. The quantitative estimate of drug-likeness (QED) is 0.869. The van der Waals surface area contributed by atoms with E-state index < -0.39 is 0 Å². The number of hydrogen-bond acceptors (Lipinski definition) is 2. The Morgan fingerprint density at radius 2 is 2.12 bits per heavy atom. The van der Waals surface area contributed by atoms with Crippen molar-refractivity contribution in [3.05, 3.63) is 18.0 Å². The van der Waals surface area contributed by atoms with Crippen LogP contribution >= 0.6 is 0 Å². The summed E-state index contributed by atoms with van der Waals surface area (Å²) in [7, 11) is 2.08. The Kier molecular flexibility index (Phi) is 3.87. The summed E-state index contributed by atoms with van der Waals surface area (Å²) in [4.78, 5) is 0. The second kappa shape index (κ2) is 5.21. The van der Waals surface area contributed by atoms with E-state index in [0.717, 1.165) is 6.54 Å². The summed E-state index contributed by atoms with van der Waals surface area (Å²) in [6.07, 6.45) is 11.0. The van der Waals surface area contributed by atoms with Crippen molar-refractivity contribution in [1.82, 2.24) is 15.1 Å². The van der Waals surface area contributed by atoms with Crippen LogP contribution in [0.5, 0.6) is 0 Å². The number of rotatable bonds is 4. The van der Waals surface area contributed by atoms with Gasteiger partial charge in [-0.25, -0.2) is 0 Å². The van der Waals surface area contributed by atoms with Gasteiger partial charge in [0.25, 0.3) is 0 Å². The summed E-state index contributed by atoms with van der Waals surface area (Å²) >= 11 is 0. The highest BCUT2D eigenvalue weighted by molar-refractivity contribution is 5.14. The molecule has 1 saturated carbocycles. The maximum atomic E-state index is 4.41. The monoisotopic (exact) mass is 235 g/mol. The van der Waals surface area contributed by atoms with Gasteiger partial charge in [-0.1, -0.05) is 26.2 Å². The van der Waals surface area contributed by atoms with Gasteiger partial charge in [-0.15, -0.1) is 0 Å². The number of aryl methyl sites for hydroxylation is 1. The molecule has 1 aliphatic rings. The standard InChI is InChI=1S/C14H25N3/c1-4-17-11-12(10-16-17)13(15-3)14(2)8-6-5-7-9-14/h10-11,13,15H,4-9H2,1-3H3. The number of aromatic nitrogens is 2. The third-order valence-electron chi connectivity index (χ3n) is 4.29. The van der Waals surface area contributed by atoms with Gasteiger partial charge >= 0.3 is 0 Å². The van der Waals surface area contributed by atoms with E-state index >= 15 is 0 Å². The van der Waals surface area contributed by atoms with Gasteiger partial charge in [-0.2, -0.15) is 5.10 Å². The van der Waals surface area contributed by atoms with Crippen molar-refractivity contribution < 1.29 is 0 Å². The predicted octanol–water partition coefficient (Wildman–Crippen LogP) is 3.13. The smallest absolute Gasteiger partial charge is 0.0537 e. The van der Waals surface area contributed by atoms with Crippen LogP contribution in [0.25, 0.3) is 0 Å². The zero-order chi connectivity index (χ0) is 12.3. The van der Waals surface area contributed by atoms with Gasteiger partial charge < -0.3 is 5.32 Å². The molecule has 1 heterocycles. The zero-order valence-corrected chi connectivity index (χ0v) is 11.4. The molecule has 1 unspecified atom stereocenters. The van der Waals surface area contributed by atoms with Crippen LogP contribution in [0, 0.1) is 5.41 Å². The van der Waals surface area contributed by atoms with Crippen LogP contribution in [0.15, 0.2) is 12.4 Å². The first-order chi connectivity index (χ1) is 8.19. The van der Waals surface area contributed by atoms with Crippen LogP contribution in [-0.4, -0.2) is 16.8 Å². The molecule has 0 radical (unpaired) electrons. The summed E-state index contributed by atoms with van der Waals surface area (Å²) in [5.41, 5.74) is 1.74. The summed E-state index contributed by atoms with van der Waals surface area (Å²) in [5.74, 6) is 0. The largest absolute Gasteiger partial charge is 0.312 e. The van der Waals surface area contributed by atoms with Crippen molar-refractivity contribution in [3.63, 3.8) is 0 Å². The van der Waals surface area contributed by atoms with Gasteiger partial charge in [0.2, 0.25) is 0 Å².